The normalized spacial score (nSPS) is 18.0. The Labute approximate surface area is 196 Å². The molecule has 0 bridgehead atoms. The molecule has 2 N–H and O–H groups in total. The second-order valence-corrected chi connectivity index (χ2v) is 9.83. The van der Waals surface area contributed by atoms with Gasteiger partial charge in [-0.2, -0.15) is 0 Å². The SMILES string of the molecule is O=C(NC/C=C/S(=O)(=O)c1ccccc1)c1cc2c([nH]c1=O)CCN(C(=O)O[C@H]1CCOC1)C2. The van der Waals surface area contributed by atoms with Crippen LogP contribution in [0.5, 0.6) is 0 Å². The number of hydrogen-bond acceptors (Lipinski definition) is 7. The predicted molar refractivity (Wildman–Crippen MR) is 122 cm³/mol. The molecule has 0 spiro atoms. The fraction of sp³-hybridized carbons (Fsp3) is 0.348. The summed E-state index contributed by atoms with van der Waals surface area (Å²) in [4.78, 5) is 41.8. The summed E-state index contributed by atoms with van der Waals surface area (Å²) in [5.74, 6) is -0.645. The van der Waals surface area contributed by atoms with E-state index in [0.29, 0.717) is 43.9 Å². The van der Waals surface area contributed by atoms with Crippen LogP contribution in [0.4, 0.5) is 4.79 Å². The van der Waals surface area contributed by atoms with E-state index < -0.39 is 27.4 Å². The summed E-state index contributed by atoms with van der Waals surface area (Å²) in [5.41, 5.74) is 0.662. The zero-order chi connectivity index (χ0) is 24.1. The highest BCUT2D eigenvalue weighted by molar-refractivity contribution is 7.94. The Balaban J connectivity index is 1.38. The van der Waals surface area contributed by atoms with Gasteiger partial charge in [0.25, 0.3) is 11.5 Å². The molecule has 4 rings (SSSR count). The Kier molecular flexibility index (Phi) is 7.13. The number of pyridine rings is 1. The lowest BCUT2D eigenvalue weighted by atomic mass is 10.0. The van der Waals surface area contributed by atoms with Crippen molar-refractivity contribution < 1.29 is 27.5 Å². The molecule has 0 saturated carbocycles. The van der Waals surface area contributed by atoms with Crippen LogP contribution in [-0.2, 0) is 32.3 Å². The number of rotatable bonds is 6. The van der Waals surface area contributed by atoms with E-state index in [1.165, 1.54) is 29.2 Å². The molecule has 1 aromatic carbocycles. The average molecular weight is 488 g/mol. The zero-order valence-electron chi connectivity index (χ0n) is 18.4. The van der Waals surface area contributed by atoms with Gasteiger partial charge >= 0.3 is 6.09 Å². The minimum atomic E-state index is -3.62. The Hall–Kier alpha value is -3.44. The number of carbonyl (C=O) groups excluding carboxylic acids is 2. The summed E-state index contributed by atoms with van der Waals surface area (Å²) >= 11 is 0. The molecule has 0 aliphatic carbocycles. The average Bonchev–Trinajstić information content (AvgIpc) is 3.34. The lowest BCUT2D eigenvalue weighted by Gasteiger charge is -2.29. The van der Waals surface area contributed by atoms with Crippen molar-refractivity contribution >= 4 is 21.8 Å². The number of amides is 2. The molecule has 0 unspecified atom stereocenters. The van der Waals surface area contributed by atoms with Crippen molar-refractivity contribution in [2.75, 3.05) is 26.3 Å². The van der Waals surface area contributed by atoms with Crippen LogP contribution in [0.2, 0.25) is 0 Å². The number of aromatic nitrogens is 1. The molecule has 34 heavy (non-hydrogen) atoms. The monoisotopic (exact) mass is 487 g/mol. The number of benzene rings is 1. The van der Waals surface area contributed by atoms with Crippen LogP contribution < -0.4 is 10.9 Å². The number of sulfone groups is 1. The van der Waals surface area contributed by atoms with Gasteiger partial charge in [-0.15, -0.1) is 0 Å². The first-order chi connectivity index (χ1) is 16.3. The highest BCUT2D eigenvalue weighted by Gasteiger charge is 2.27. The number of H-pyrrole nitrogens is 1. The highest BCUT2D eigenvalue weighted by atomic mass is 32.2. The highest BCUT2D eigenvalue weighted by Crippen LogP contribution is 2.19. The molecule has 11 heteroatoms. The van der Waals surface area contributed by atoms with E-state index in [-0.39, 0.29) is 29.7 Å². The van der Waals surface area contributed by atoms with Crippen LogP contribution in [0, 0.1) is 0 Å². The lowest BCUT2D eigenvalue weighted by molar-refractivity contribution is 0.0515. The standard InChI is InChI=1S/C23H25N3O7S/c27-21(24-9-4-12-34(30,31)18-5-2-1-3-6-18)19-13-16-14-26(10-7-20(16)25-22(19)28)23(29)33-17-8-11-32-15-17/h1-6,12-13,17H,7-11,14-15H2,(H,24,27)(H,25,28)/b12-4+/t17-/m0/s1. The van der Waals surface area contributed by atoms with Gasteiger partial charge in [0.1, 0.15) is 11.7 Å². The summed E-state index contributed by atoms with van der Waals surface area (Å²) in [5, 5.41) is 3.54. The molecule has 0 radical (unpaired) electrons. The van der Waals surface area contributed by atoms with Gasteiger partial charge in [-0.1, -0.05) is 24.3 Å². The van der Waals surface area contributed by atoms with E-state index in [1.807, 2.05) is 0 Å². The number of carbonyl (C=O) groups is 2. The number of nitrogens with one attached hydrogen (secondary N) is 2. The van der Waals surface area contributed by atoms with Gasteiger partial charge in [0.05, 0.1) is 24.7 Å². The summed E-state index contributed by atoms with van der Waals surface area (Å²) in [7, 11) is -3.62. The van der Waals surface area contributed by atoms with Crippen molar-refractivity contribution in [1.82, 2.24) is 15.2 Å². The molecule has 1 saturated heterocycles. The lowest BCUT2D eigenvalue weighted by Crippen LogP contribution is -2.40. The van der Waals surface area contributed by atoms with Crippen LogP contribution in [0.3, 0.4) is 0 Å². The van der Waals surface area contributed by atoms with E-state index in [9.17, 15) is 22.8 Å². The molecule has 2 aromatic rings. The van der Waals surface area contributed by atoms with Gasteiger partial charge in [0, 0.05) is 37.0 Å². The second-order valence-electron chi connectivity index (χ2n) is 8.00. The topological polar surface area (TPSA) is 135 Å². The van der Waals surface area contributed by atoms with Gasteiger partial charge in [-0.05, 0) is 23.8 Å². The molecule has 1 aromatic heterocycles. The minimum Gasteiger partial charge on any atom is -0.444 e. The van der Waals surface area contributed by atoms with Gasteiger partial charge in [0.15, 0.2) is 9.84 Å². The Morgan fingerprint density at radius 1 is 1.26 bits per heavy atom. The van der Waals surface area contributed by atoms with E-state index in [0.717, 1.165) is 5.41 Å². The summed E-state index contributed by atoms with van der Waals surface area (Å²) < 4.78 is 35.2. The molecule has 10 nitrogen and oxygen atoms in total. The molecule has 180 valence electrons. The maximum atomic E-state index is 12.6. The fourth-order valence-electron chi connectivity index (χ4n) is 3.76. The maximum Gasteiger partial charge on any atom is 0.410 e. The number of aromatic amines is 1. The Morgan fingerprint density at radius 3 is 2.79 bits per heavy atom. The molecule has 2 aliphatic heterocycles. The van der Waals surface area contributed by atoms with Crippen LogP contribution in [0.25, 0.3) is 0 Å². The quantitative estimate of drug-likeness (QED) is 0.628. The first-order valence-electron chi connectivity index (χ1n) is 10.9. The van der Waals surface area contributed by atoms with Gasteiger partial charge in [-0.25, -0.2) is 13.2 Å². The van der Waals surface area contributed by atoms with E-state index in [1.54, 1.807) is 18.2 Å². The van der Waals surface area contributed by atoms with Crippen LogP contribution in [0.1, 0.15) is 28.0 Å². The molecular formula is C23H25N3O7S. The van der Waals surface area contributed by atoms with Crippen LogP contribution in [-0.4, -0.2) is 62.7 Å². The summed E-state index contributed by atoms with van der Waals surface area (Å²) in [6.45, 7) is 1.46. The first kappa shape index (κ1) is 23.7. The fourth-order valence-corrected chi connectivity index (χ4v) is 4.81. The molecule has 2 amide bonds. The summed E-state index contributed by atoms with van der Waals surface area (Å²) in [6.07, 6.45) is 1.68. The molecule has 3 heterocycles. The smallest absolute Gasteiger partial charge is 0.410 e. The molecule has 2 aliphatic rings. The maximum absolute atomic E-state index is 12.6. The Morgan fingerprint density at radius 2 is 2.06 bits per heavy atom. The predicted octanol–water partition coefficient (Wildman–Crippen LogP) is 1.38. The number of ether oxygens (including phenoxy) is 2. The van der Waals surface area contributed by atoms with Gasteiger partial charge in [-0.3, -0.25) is 9.59 Å². The second kappa shape index (κ2) is 10.2. The zero-order valence-corrected chi connectivity index (χ0v) is 19.2. The van der Waals surface area contributed by atoms with Crippen LogP contribution in [0.15, 0.2) is 57.6 Å². The largest absolute Gasteiger partial charge is 0.444 e. The van der Waals surface area contributed by atoms with Crippen LogP contribution >= 0.6 is 0 Å². The van der Waals surface area contributed by atoms with E-state index >= 15 is 0 Å². The van der Waals surface area contributed by atoms with E-state index in [4.69, 9.17) is 9.47 Å². The number of nitrogens with zero attached hydrogens (tertiary/aromatic N) is 1. The van der Waals surface area contributed by atoms with Crippen molar-refractivity contribution in [3.8, 4) is 0 Å². The molecule has 1 fully saturated rings. The van der Waals surface area contributed by atoms with Crippen molar-refractivity contribution in [2.24, 2.45) is 0 Å². The third-order valence-electron chi connectivity index (χ3n) is 5.59. The van der Waals surface area contributed by atoms with E-state index in [2.05, 4.69) is 10.3 Å². The third kappa shape index (κ3) is 5.54. The number of fused-ring (bicyclic) bond motifs is 1. The van der Waals surface area contributed by atoms with Gasteiger partial charge in [0.2, 0.25) is 0 Å². The van der Waals surface area contributed by atoms with Crippen molar-refractivity contribution in [3.05, 3.63) is 75.1 Å². The van der Waals surface area contributed by atoms with Gasteiger partial charge < -0.3 is 24.7 Å². The summed E-state index contributed by atoms with van der Waals surface area (Å²) in [6, 6.07) is 9.37. The Bertz CT molecular complexity index is 1250. The van der Waals surface area contributed by atoms with Crippen molar-refractivity contribution in [3.63, 3.8) is 0 Å². The molecular weight excluding hydrogens is 462 g/mol. The van der Waals surface area contributed by atoms with Crippen molar-refractivity contribution in [2.45, 2.75) is 30.4 Å². The first-order valence-corrected chi connectivity index (χ1v) is 12.4. The third-order valence-corrected chi connectivity index (χ3v) is 7.07. The molecule has 1 atom stereocenters. The van der Waals surface area contributed by atoms with Crippen molar-refractivity contribution in [1.29, 1.82) is 0 Å². The number of hydrogen-bond donors (Lipinski definition) is 2. The minimum absolute atomic E-state index is 0.0800.